The Morgan fingerprint density at radius 3 is 1.30 bits per heavy atom. The van der Waals surface area contributed by atoms with Gasteiger partial charge in [-0.05, 0) is 83.5 Å². The van der Waals surface area contributed by atoms with Crippen molar-refractivity contribution in [2.75, 3.05) is 6.61 Å². The van der Waals surface area contributed by atoms with Crippen LogP contribution in [0.5, 0.6) is 0 Å². The summed E-state index contributed by atoms with van der Waals surface area (Å²) in [6.45, 7) is 4.17. The molecule has 2 unspecified atom stereocenters. The molecule has 0 aromatic heterocycles. The standard InChI is InChI=1S/C50H87NO3/c1-3-5-7-9-11-13-15-17-19-21-22-23-24-25-26-27-28-30-32-34-36-38-40-42-44-46-50(54)51-48(47-52)49(53)45-43-41-39-37-35-33-31-29-20-18-16-14-12-10-8-6-4-2/h5,7,11,13,17,19-20,22-23,29,35,37,43,45,48-49,52-53H,3-4,6,8-10,12,14-16,18,21,24-28,30-34,36,38-42,44,46-47H2,1-2H3,(H,51,54)/b7-5-,13-11-,19-17-,23-22-,29-20+,37-35+,45-43+. The fraction of sp³-hybridized carbons (Fsp3) is 0.700. The number of carbonyl (C=O) groups excluding carboxylic acids is 1. The number of rotatable bonds is 40. The third-order valence-corrected chi connectivity index (χ3v) is 9.84. The molecule has 0 saturated heterocycles. The van der Waals surface area contributed by atoms with Crippen LogP contribution in [-0.2, 0) is 4.79 Å². The molecule has 0 rings (SSSR count). The van der Waals surface area contributed by atoms with Crippen molar-refractivity contribution in [2.24, 2.45) is 0 Å². The summed E-state index contributed by atoms with van der Waals surface area (Å²) in [5, 5.41) is 23.0. The van der Waals surface area contributed by atoms with Crippen LogP contribution < -0.4 is 5.32 Å². The molecule has 0 aromatic rings. The van der Waals surface area contributed by atoms with E-state index in [4.69, 9.17) is 0 Å². The lowest BCUT2D eigenvalue weighted by Crippen LogP contribution is -2.45. The molecule has 0 saturated carbocycles. The maximum atomic E-state index is 12.4. The Kier molecular flexibility index (Phi) is 42.9. The Morgan fingerprint density at radius 1 is 0.463 bits per heavy atom. The van der Waals surface area contributed by atoms with Crippen molar-refractivity contribution in [1.82, 2.24) is 5.32 Å². The van der Waals surface area contributed by atoms with Crippen molar-refractivity contribution < 1.29 is 15.0 Å². The summed E-state index contributed by atoms with van der Waals surface area (Å²) in [7, 11) is 0. The van der Waals surface area contributed by atoms with Gasteiger partial charge in [-0.15, -0.1) is 0 Å². The van der Waals surface area contributed by atoms with Gasteiger partial charge in [0, 0.05) is 6.42 Å². The van der Waals surface area contributed by atoms with Crippen molar-refractivity contribution in [3.63, 3.8) is 0 Å². The smallest absolute Gasteiger partial charge is 0.220 e. The van der Waals surface area contributed by atoms with Crippen LogP contribution in [0.25, 0.3) is 0 Å². The third kappa shape index (κ3) is 40.7. The predicted octanol–water partition coefficient (Wildman–Crippen LogP) is 14.5. The summed E-state index contributed by atoms with van der Waals surface area (Å²) in [4.78, 5) is 12.4. The van der Waals surface area contributed by atoms with Crippen molar-refractivity contribution >= 4 is 5.91 Å². The summed E-state index contributed by atoms with van der Waals surface area (Å²) < 4.78 is 0. The Bertz CT molecular complexity index is 988. The van der Waals surface area contributed by atoms with Gasteiger partial charge >= 0.3 is 0 Å². The van der Waals surface area contributed by atoms with Gasteiger partial charge in [0.05, 0.1) is 18.8 Å². The van der Waals surface area contributed by atoms with Gasteiger partial charge in [-0.1, -0.05) is 202 Å². The van der Waals surface area contributed by atoms with E-state index in [9.17, 15) is 15.0 Å². The minimum Gasteiger partial charge on any atom is -0.394 e. The number of amides is 1. The monoisotopic (exact) mass is 750 g/mol. The Balaban J connectivity index is 3.63. The lowest BCUT2D eigenvalue weighted by atomic mass is 10.0. The van der Waals surface area contributed by atoms with Gasteiger partial charge in [-0.2, -0.15) is 0 Å². The quantitative estimate of drug-likeness (QED) is 0.0431. The van der Waals surface area contributed by atoms with Gasteiger partial charge in [0.1, 0.15) is 0 Å². The molecule has 1 amide bonds. The molecule has 4 heteroatoms. The van der Waals surface area contributed by atoms with E-state index in [1.807, 2.05) is 6.08 Å². The molecule has 0 radical (unpaired) electrons. The molecule has 0 aliphatic carbocycles. The lowest BCUT2D eigenvalue weighted by molar-refractivity contribution is -0.123. The maximum Gasteiger partial charge on any atom is 0.220 e. The molecule has 0 heterocycles. The summed E-state index contributed by atoms with van der Waals surface area (Å²) in [6.07, 6.45) is 65.5. The number of unbranched alkanes of at least 4 members (excludes halogenated alkanes) is 21. The van der Waals surface area contributed by atoms with Crippen LogP contribution >= 0.6 is 0 Å². The van der Waals surface area contributed by atoms with Crippen molar-refractivity contribution in [3.05, 3.63) is 85.1 Å². The zero-order chi connectivity index (χ0) is 39.3. The zero-order valence-electron chi connectivity index (χ0n) is 35.5. The van der Waals surface area contributed by atoms with Gasteiger partial charge in [0.15, 0.2) is 0 Å². The van der Waals surface area contributed by atoms with Gasteiger partial charge in [0.2, 0.25) is 5.91 Å². The van der Waals surface area contributed by atoms with Crippen LogP contribution in [0.3, 0.4) is 0 Å². The van der Waals surface area contributed by atoms with Crippen molar-refractivity contribution in [2.45, 2.75) is 219 Å². The lowest BCUT2D eigenvalue weighted by Gasteiger charge is -2.19. The highest BCUT2D eigenvalue weighted by atomic mass is 16.3. The average Bonchev–Trinajstić information content (AvgIpc) is 3.18. The normalized spacial score (nSPS) is 13.8. The fourth-order valence-corrected chi connectivity index (χ4v) is 6.38. The number of aliphatic hydroxyl groups excluding tert-OH is 2. The van der Waals surface area contributed by atoms with Gasteiger partial charge < -0.3 is 15.5 Å². The number of carbonyl (C=O) groups is 1. The molecule has 310 valence electrons. The minimum atomic E-state index is -0.875. The van der Waals surface area contributed by atoms with Gasteiger partial charge in [-0.25, -0.2) is 0 Å². The van der Waals surface area contributed by atoms with Crippen LogP contribution in [0, 0.1) is 0 Å². The Hall–Kier alpha value is -2.43. The zero-order valence-corrected chi connectivity index (χ0v) is 35.5. The van der Waals surface area contributed by atoms with Crippen LogP contribution in [0.1, 0.15) is 206 Å². The van der Waals surface area contributed by atoms with E-state index in [0.29, 0.717) is 6.42 Å². The van der Waals surface area contributed by atoms with Crippen LogP contribution in [0.15, 0.2) is 85.1 Å². The average molecular weight is 750 g/mol. The number of aliphatic hydroxyl groups is 2. The first-order chi connectivity index (χ1) is 26.7. The molecule has 54 heavy (non-hydrogen) atoms. The fourth-order valence-electron chi connectivity index (χ4n) is 6.38. The van der Waals surface area contributed by atoms with E-state index in [1.165, 1.54) is 122 Å². The highest BCUT2D eigenvalue weighted by molar-refractivity contribution is 5.76. The van der Waals surface area contributed by atoms with E-state index in [2.05, 4.69) is 92.1 Å². The summed E-state index contributed by atoms with van der Waals surface area (Å²) in [5.74, 6) is -0.0839. The predicted molar refractivity (Wildman–Crippen MR) is 239 cm³/mol. The molecule has 0 fully saturated rings. The molecular formula is C50H87NO3. The van der Waals surface area contributed by atoms with Crippen LogP contribution in [0.4, 0.5) is 0 Å². The number of nitrogens with one attached hydrogen (secondary N) is 1. The Labute approximate surface area is 335 Å². The second-order valence-electron chi connectivity index (χ2n) is 15.1. The molecule has 0 aliphatic rings. The molecule has 2 atom stereocenters. The van der Waals surface area contributed by atoms with E-state index in [0.717, 1.165) is 64.2 Å². The second kappa shape index (κ2) is 45.0. The van der Waals surface area contributed by atoms with Crippen LogP contribution in [0.2, 0.25) is 0 Å². The second-order valence-corrected chi connectivity index (χ2v) is 15.1. The molecule has 0 bridgehead atoms. The first-order valence-electron chi connectivity index (χ1n) is 22.8. The number of hydrogen-bond acceptors (Lipinski definition) is 3. The third-order valence-electron chi connectivity index (χ3n) is 9.84. The molecular weight excluding hydrogens is 663 g/mol. The van der Waals surface area contributed by atoms with E-state index < -0.39 is 12.1 Å². The molecule has 0 aromatic carbocycles. The molecule has 0 aliphatic heterocycles. The van der Waals surface area contributed by atoms with E-state index in [1.54, 1.807) is 6.08 Å². The van der Waals surface area contributed by atoms with Crippen molar-refractivity contribution in [3.8, 4) is 0 Å². The van der Waals surface area contributed by atoms with Crippen LogP contribution in [-0.4, -0.2) is 34.9 Å². The Morgan fingerprint density at radius 2 is 0.833 bits per heavy atom. The summed E-state index contributed by atoms with van der Waals surface area (Å²) >= 11 is 0. The molecule has 3 N–H and O–H groups in total. The van der Waals surface area contributed by atoms with Crippen molar-refractivity contribution in [1.29, 1.82) is 0 Å². The summed E-state index contributed by atoms with van der Waals surface area (Å²) in [6, 6.07) is -0.650. The number of hydrogen-bond donors (Lipinski definition) is 3. The summed E-state index contributed by atoms with van der Waals surface area (Å²) in [5.41, 5.74) is 0. The van der Waals surface area contributed by atoms with E-state index >= 15 is 0 Å². The van der Waals surface area contributed by atoms with Gasteiger partial charge in [0.25, 0.3) is 0 Å². The highest BCUT2D eigenvalue weighted by Gasteiger charge is 2.17. The van der Waals surface area contributed by atoms with Gasteiger partial charge in [-0.3, -0.25) is 4.79 Å². The SMILES string of the molecule is CC/C=C\C/C=C\C/C=C\C/C=C\CCCCCCCCCCCCCCC(=O)NC(CO)C(O)/C=C/CC/C=C/CC/C=C/CCCCCCCCC. The van der Waals surface area contributed by atoms with E-state index in [-0.39, 0.29) is 12.5 Å². The molecule has 4 nitrogen and oxygen atoms in total. The highest BCUT2D eigenvalue weighted by Crippen LogP contribution is 2.14. The topological polar surface area (TPSA) is 69.6 Å². The molecule has 0 spiro atoms. The first kappa shape index (κ1) is 51.6. The minimum absolute atomic E-state index is 0.0839. The number of allylic oxidation sites excluding steroid dienone is 13. The maximum absolute atomic E-state index is 12.4. The first-order valence-corrected chi connectivity index (χ1v) is 22.8. The largest absolute Gasteiger partial charge is 0.394 e.